The first-order valence-corrected chi connectivity index (χ1v) is 12.7. The normalized spacial score (nSPS) is 12.5. The molecule has 1 nitrogen and oxygen atoms in total. The van der Waals surface area contributed by atoms with Crippen molar-refractivity contribution in [2.45, 2.75) is 40.0 Å². The topological polar surface area (TPSA) is 13.1 Å². The van der Waals surface area contributed by atoms with Gasteiger partial charge in [-0.15, -0.1) is 0 Å². The van der Waals surface area contributed by atoms with Gasteiger partial charge in [-0.2, -0.15) is 0 Å². The number of aryl methyl sites for hydroxylation is 1. The monoisotopic (exact) mass is 456 g/mol. The van der Waals surface area contributed by atoms with Crippen LogP contribution in [0.5, 0.6) is 0 Å². The summed E-state index contributed by atoms with van der Waals surface area (Å²) in [7, 11) is 0. The average molecular weight is 457 g/mol. The number of rotatable bonds is 7. The molecule has 0 spiro atoms. The zero-order chi connectivity index (χ0) is 24.2. The number of hydrogen-bond donors (Lipinski definition) is 0. The van der Waals surface area contributed by atoms with Gasteiger partial charge in [-0.05, 0) is 71.4 Å². The van der Waals surface area contributed by atoms with E-state index in [4.69, 9.17) is 4.42 Å². The molecule has 0 radical (unpaired) electrons. The van der Waals surface area contributed by atoms with Crippen molar-refractivity contribution in [3.63, 3.8) is 0 Å². The summed E-state index contributed by atoms with van der Waals surface area (Å²) < 4.78 is 6.01. The second kappa shape index (κ2) is 10.2. The molecule has 35 heavy (non-hydrogen) atoms. The van der Waals surface area contributed by atoms with E-state index in [1.807, 2.05) is 12.1 Å². The highest BCUT2D eigenvalue weighted by Gasteiger charge is 2.09. The van der Waals surface area contributed by atoms with Gasteiger partial charge in [0.25, 0.3) is 0 Å². The Bertz CT molecular complexity index is 1510. The minimum atomic E-state index is 0.935. The Labute approximate surface area is 208 Å². The Hall–Kier alpha value is -3.84. The van der Waals surface area contributed by atoms with E-state index >= 15 is 0 Å². The molecule has 0 saturated heterocycles. The van der Waals surface area contributed by atoms with Crippen LogP contribution in [0.15, 0.2) is 108 Å². The molecule has 0 amide bonds. The largest absolute Gasteiger partial charge is 0.456 e. The molecule has 1 heteroatoms. The van der Waals surface area contributed by atoms with Gasteiger partial charge in [0.1, 0.15) is 11.2 Å². The van der Waals surface area contributed by atoms with Gasteiger partial charge in [-0.1, -0.05) is 111 Å². The molecule has 0 aliphatic rings. The van der Waals surface area contributed by atoms with Crippen molar-refractivity contribution >= 4 is 33.1 Å². The van der Waals surface area contributed by atoms with Crippen molar-refractivity contribution in [1.82, 2.24) is 0 Å². The Morgan fingerprint density at radius 2 is 1.40 bits per heavy atom. The molecule has 4 aromatic carbocycles. The Balaban J connectivity index is 1.49. The molecule has 0 unspecified atom stereocenters. The number of hydrogen-bond acceptors (Lipinski definition) is 1. The quantitative estimate of drug-likeness (QED) is 0.222. The van der Waals surface area contributed by atoms with Crippen molar-refractivity contribution in [1.29, 1.82) is 0 Å². The van der Waals surface area contributed by atoms with E-state index in [0.29, 0.717) is 0 Å². The molecular weight excluding hydrogens is 424 g/mol. The summed E-state index contributed by atoms with van der Waals surface area (Å²) in [4.78, 5) is 0. The highest BCUT2D eigenvalue weighted by atomic mass is 16.3. The fourth-order valence-corrected chi connectivity index (χ4v) is 4.77. The Morgan fingerprint density at radius 3 is 2.14 bits per heavy atom. The van der Waals surface area contributed by atoms with Crippen molar-refractivity contribution in [2.75, 3.05) is 0 Å². The van der Waals surface area contributed by atoms with Crippen LogP contribution >= 0.6 is 0 Å². The summed E-state index contributed by atoms with van der Waals surface area (Å²) >= 11 is 0. The van der Waals surface area contributed by atoms with Crippen molar-refractivity contribution < 1.29 is 4.42 Å². The van der Waals surface area contributed by atoms with E-state index in [2.05, 4.69) is 112 Å². The maximum absolute atomic E-state index is 6.01. The lowest BCUT2D eigenvalue weighted by Gasteiger charge is -2.11. The van der Waals surface area contributed by atoms with Crippen LogP contribution < -0.4 is 0 Å². The molecule has 0 saturated carbocycles. The number of allylic oxidation sites excluding steroid dienone is 4. The molecule has 0 N–H and O–H groups in total. The Kier molecular flexibility index (Phi) is 6.68. The van der Waals surface area contributed by atoms with Crippen LogP contribution in [0.3, 0.4) is 0 Å². The van der Waals surface area contributed by atoms with E-state index in [-0.39, 0.29) is 0 Å². The van der Waals surface area contributed by atoms with Gasteiger partial charge in [-0.3, -0.25) is 0 Å². The van der Waals surface area contributed by atoms with E-state index in [1.165, 1.54) is 49.7 Å². The number of fused-ring (bicyclic) bond motifs is 3. The zero-order valence-corrected chi connectivity index (χ0v) is 20.8. The SMILES string of the molecule is CC/C=C(/C=C(\CCC)c1ccc(C)cc1)c1ccc(-c2ccc3oc4ccccc4c3c2)cc1. The zero-order valence-electron chi connectivity index (χ0n) is 20.8. The summed E-state index contributed by atoms with van der Waals surface area (Å²) in [6.07, 6.45) is 7.92. The third-order valence-electron chi connectivity index (χ3n) is 6.62. The predicted molar refractivity (Wildman–Crippen MR) is 151 cm³/mol. The number of para-hydroxylation sites is 1. The average Bonchev–Trinajstić information content (AvgIpc) is 3.27. The Morgan fingerprint density at radius 1 is 0.714 bits per heavy atom. The van der Waals surface area contributed by atoms with Crippen LogP contribution in [0.25, 0.3) is 44.2 Å². The molecule has 0 fully saturated rings. The van der Waals surface area contributed by atoms with Crippen LogP contribution in [0.2, 0.25) is 0 Å². The van der Waals surface area contributed by atoms with E-state index in [0.717, 1.165) is 30.4 Å². The van der Waals surface area contributed by atoms with Gasteiger partial charge in [-0.25, -0.2) is 0 Å². The van der Waals surface area contributed by atoms with Gasteiger partial charge >= 0.3 is 0 Å². The highest BCUT2D eigenvalue weighted by molar-refractivity contribution is 6.06. The summed E-state index contributed by atoms with van der Waals surface area (Å²) in [6, 6.07) is 32.6. The summed E-state index contributed by atoms with van der Waals surface area (Å²) in [6.45, 7) is 6.60. The molecule has 0 atom stereocenters. The van der Waals surface area contributed by atoms with E-state index in [9.17, 15) is 0 Å². The van der Waals surface area contributed by atoms with Crippen LogP contribution in [-0.4, -0.2) is 0 Å². The predicted octanol–water partition coefficient (Wildman–Crippen LogP) is 10.2. The smallest absolute Gasteiger partial charge is 0.135 e. The first-order valence-electron chi connectivity index (χ1n) is 12.7. The van der Waals surface area contributed by atoms with Crippen molar-refractivity contribution in [2.24, 2.45) is 0 Å². The lowest BCUT2D eigenvalue weighted by molar-refractivity contribution is 0.669. The van der Waals surface area contributed by atoms with Gasteiger partial charge < -0.3 is 4.42 Å². The summed E-state index contributed by atoms with van der Waals surface area (Å²) in [5.74, 6) is 0. The van der Waals surface area contributed by atoms with E-state index < -0.39 is 0 Å². The second-order valence-corrected chi connectivity index (χ2v) is 9.24. The van der Waals surface area contributed by atoms with Gasteiger partial charge in [0.2, 0.25) is 0 Å². The van der Waals surface area contributed by atoms with Crippen molar-refractivity contribution in [3.8, 4) is 11.1 Å². The fourth-order valence-electron chi connectivity index (χ4n) is 4.77. The molecule has 174 valence electrons. The molecule has 1 heterocycles. The highest BCUT2D eigenvalue weighted by Crippen LogP contribution is 2.33. The third kappa shape index (κ3) is 4.86. The number of benzene rings is 4. The first kappa shape index (κ1) is 22.9. The maximum atomic E-state index is 6.01. The van der Waals surface area contributed by atoms with Crippen molar-refractivity contribution in [3.05, 3.63) is 120 Å². The molecule has 5 rings (SSSR count). The second-order valence-electron chi connectivity index (χ2n) is 9.24. The van der Waals surface area contributed by atoms with Gasteiger partial charge in [0.05, 0.1) is 0 Å². The summed E-state index contributed by atoms with van der Waals surface area (Å²) in [5, 5.41) is 2.33. The standard InChI is InChI=1S/C34H32O/c1-4-8-28(25-14-12-24(3)13-15-25)22-29(9-5-2)26-16-18-27(19-17-26)30-20-21-34-32(23-30)31-10-6-7-11-33(31)35-34/h6-7,9-23H,4-5,8H2,1-3H3/b28-22+,29-9-. The maximum Gasteiger partial charge on any atom is 0.135 e. The lowest BCUT2D eigenvalue weighted by Crippen LogP contribution is -1.89. The van der Waals surface area contributed by atoms with Crippen LogP contribution in [0, 0.1) is 6.92 Å². The van der Waals surface area contributed by atoms with Gasteiger partial charge in [0.15, 0.2) is 0 Å². The molecule has 0 bridgehead atoms. The minimum absolute atomic E-state index is 0.935. The lowest BCUT2D eigenvalue weighted by atomic mass is 9.94. The molecule has 0 aliphatic carbocycles. The van der Waals surface area contributed by atoms with Crippen LogP contribution in [-0.2, 0) is 0 Å². The van der Waals surface area contributed by atoms with Crippen LogP contribution in [0.4, 0.5) is 0 Å². The minimum Gasteiger partial charge on any atom is -0.456 e. The number of furan rings is 1. The third-order valence-corrected chi connectivity index (χ3v) is 6.62. The van der Waals surface area contributed by atoms with Gasteiger partial charge in [0, 0.05) is 10.8 Å². The fraction of sp³-hybridized carbons (Fsp3) is 0.176. The molecule has 0 aliphatic heterocycles. The summed E-state index contributed by atoms with van der Waals surface area (Å²) in [5.41, 5.74) is 10.9. The van der Waals surface area contributed by atoms with E-state index in [1.54, 1.807) is 0 Å². The molecule has 5 aromatic rings. The van der Waals surface area contributed by atoms with Crippen LogP contribution in [0.1, 0.15) is 49.8 Å². The molecular formula is C34H32O. The first-order chi connectivity index (χ1) is 17.2. The molecule has 1 aromatic heterocycles.